The highest BCUT2D eigenvalue weighted by Crippen LogP contribution is 1.42. The van der Waals surface area contributed by atoms with Crippen molar-refractivity contribution in [1.82, 2.24) is 18.5 Å². The van der Waals surface area contributed by atoms with E-state index < -0.39 is 6.16 Å². The van der Waals surface area contributed by atoms with E-state index in [-0.39, 0.29) is 24.9 Å². The molecule has 0 saturated heterocycles. The normalized spacial score (nSPS) is 3.50. The molecule has 0 aromatic heterocycles. The van der Waals surface area contributed by atoms with Crippen LogP contribution in [0.2, 0.25) is 0 Å². The second kappa shape index (κ2) is 108. The summed E-state index contributed by atoms with van der Waals surface area (Å²) in [6, 6.07) is 0. The first kappa shape index (κ1) is 46.5. The van der Waals surface area contributed by atoms with Crippen molar-refractivity contribution in [3.63, 3.8) is 0 Å². The quantitative estimate of drug-likeness (QED) is 0.134. The third-order valence-corrected chi connectivity index (χ3v) is 0. The highest BCUT2D eigenvalue weighted by molar-refractivity contribution is 5.53. The van der Waals surface area contributed by atoms with Crippen LogP contribution in [0.5, 0.6) is 0 Å². The summed E-state index contributed by atoms with van der Waals surface area (Å²) in [5.74, 6) is 8.00. The number of hydrazine groups is 1. The van der Waals surface area contributed by atoms with Crippen LogP contribution in [-0.2, 0) is 4.79 Å². The molecule has 0 fully saturated rings. The fraction of sp³-hybridized carbons (Fsp3) is 0. The van der Waals surface area contributed by atoms with Crippen LogP contribution in [0.15, 0.2) is 0 Å². The Kier molecular flexibility index (Phi) is 418. The zero-order valence-electron chi connectivity index (χ0n) is 6.51. The molecule has 10 nitrogen and oxygen atoms in total. The number of nitrogens with two attached hydrogens (primary N) is 2. The molecule has 0 unspecified atom stereocenters. The average molecular weight is 191 g/mol. The van der Waals surface area contributed by atoms with Crippen LogP contribution in [0.1, 0.15) is 0 Å². The third kappa shape index (κ3) is 228. The topological polar surface area (TPSA) is 252 Å². The molecule has 0 aliphatic rings. The van der Waals surface area contributed by atoms with E-state index in [1.54, 1.807) is 0 Å². The second-order valence-electron chi connectivity index (χ2n) is 0.388. The lowest BCUT2D eigenvalue weighted by Crippen LogP contribution is -2.02. The number of rotatable bonds is 0. The molecule has 0 aliphatic heterocycles. The monoisotopic (exact) mass is 191 g/mol. The summed E-state index contributed by atoms with van der Waals surface area (Å²) in [7, 11) is 0. The number of carbonyl (C=O) groups is 2. The van der Waals surface area contributed by atoms with Crippen molar-refractivity contribution in [2.75, 3.05) is 0 Å². The van der Waals surface area contributed by atoms with E-state index in [9.17, 15) is 0 Å². The molecular weight excluding hydrogens is 174 g/mol. The van der Waals surface area contributed by atoms with Crippen molar-refractivity contribution >= 4 is 12.6 Å². The van der Waals surface area contributed by atoms with E-state index in [4.69, 9.17) is 24.9 Å². The lowest BCUT2D eigenvalue weighted by molar-refractivity contribution is -0.122. The van der Waals surface area contributed by atoms with Gasteiger partial charge in [-0.15, -0.1) is 0 Å². The van der Waals surface area contributed by atoms with Crippen LogP contribution in [0.3, 0.4) is 0 Å². The number of carboxylic acid groups (broad SMARTS) is 3. The Morgan fingerprint density at radius 3 is 1.08 bits per heavy atom. The maximum Gasteiger partial charge on any atom is 0.503 e. The Hall–Kier alpha value is -1.46. The van der Waals surface area contributed by atoms with Gasteiger partial charge in [0.05, 0.1) is 0 Å². The van der Waals surface area contributed by atoms with Gasteiger partial charge in [0, 0.05) is 0 Å². The minimum Gasteiger partial charge on any atom is -0.483 e. The van der Waals surface area contributed by atoms with E-state index in [1.165, 1.54) is 0 Å². The molecule has 0 atom stereocenters. The van der Waals surface area contributed by atoms with Crippen molar-refractivity contribution in [3.05, 3.63) is 0 Å². The highest BCUT2D eigenvalue weighted by atomic mass is 16.6. The van der Waals surface area contributed by atoms with Gasteiger partial charge in [0.1, 0.15) is 0 Å². The molecule has 0 amide bonds. The van der Waals surface area contributed by atoms with Gasteiger partial charge >= 0.3 is 6.16 Å². The Bertz CT molecular complexity index is 64.9. The molecule has 0 aromatic rings. The predicted molar refractivity (Wildman–Crippen MR) is 42.8 cm³/mol. The predicted octanol–water partition coefficient (Wildman–Crippen LogP) is -0.772. The van der Waals surface area contributed by atoms with Crippen LogP contribution in [0.25, 0.3) is 0 Å². The van der Waals surface area contributed by atoms with Crippen molar-refractivity contribution in [2.24, 2.45) is 11.7 Å². The van der Waals surface area contributed by atoms with Crippen LogP contribution < -0.4 is 30.1 Å². The van der Waals surface area contributed by atoms with Gasteiger partial charge in [-0.3, -0.25) is 16.5 Å². The van der Waals surface area contributed by atoms with Crippen LogP contribution in [-0.4, -0.2) is 27.9 Å². The van der Waals surface area contributed by atoms with Gasteiger partial charge < -0.3 is 33.8 Å². The molecule has 10 heteroatoms. The first-order valence-electron chi connectivity index (χ1n) is 1.48. The average Bonchev–Trinajstić information content (AvgIpc) is 1.71. The summed E-state index contributed by atoms with van der Waals surface area (Å²) in [6.45, 7) is -0.250. The Balaban J connectivity index is -0.0000000105. The number of hydrogen-bond donors (Lipinski definition) is 8. The summed E-state index contributed by atoms with van der Waals surface area (Å²) in [5.41, 5.74) is 0. The molecule has 0 heterocycles. The summed E-state index contributed by atoms with van der Waals surface area (Å²) >= 11 is 0. The maximum atomic E-state index is 8.56. The third-order valence-electron chi connectivity index (χ3n) is 0. The van der Waals surface area contributed by atoms with Gasteiger partial charge in [-0.2, -0.15) is 0 Å². The second-order valence-corrected chi connectivity index (χ2v) is 0.388. The van der Waals surface area contributed by atoms with Crippen molar-refractivity contribution < 1.29 is 24.9 Å². The smallest absolute Gasteiger partial charge is 0.483 e. The Morgan fingerprint density at radius 2 is 1.08 bits per heavy atom. The van der Waals surface area contributed by atoms with E-state index in [1.807, 2.05) is 0 Å². The summed E-state index contributed by atoms with van der Waals surface area (Å²) in [4.78, 5) is 16.9. The molecule has 0 rings (SSSR count). The first-order valence-corrected chi connectivity index (χ1v) is 1.48. The van der Waals surface area contributed by atoms with Crippen LogP contribution >= 0.6 is 0 Å². The lowest BCUT2D eigenvalue weighted by atomic mass is 11.5. The van der Waals surface area contributed by atoms with Crippen molar-refractivity contribution in [3.8, 4) is 0 Å². The van der Waals surface area contributed by atoms with Gasteiger partial charge in [-0.25, -0.2) is 4.79 Å². The van der Waals surface area contributed by atoms with E-state index in [2.05, 4.69) is 11.7 Å². The minimum absolute atomic E-state index is 0. The molecule has 0 aliphatic carbocycles. The van der Waals surface area contributed by atoms with Crippen LogP contribution in [0, 0.1) is 0 Å². The zero-order chi connectivity index (χ0) is 8.28. The van der Waals surface area contributed by atoms with Crippen molar-refractivity contribution in [2.45, 2.75) is 0 Å². The van der Waals surface area contributed by atoms with Gasteiger partial charge in [0.2, 0.25) is 0 Å². The van der Waals surface area contributed by atoms with Crippen molar-refractivity contribution in [1.29, 1.82) is 0 Å². The molecule has 0 aromatic carbocycles. The van der Waals surface area contributed by atoms with Gasteiger partial charge in [0.15, 0.2) is 0 Å². The number of hydrogen-bond acceptors (Lipinski definition) is 7. The molecule has 80 valence electrons. The van der Waals surface area contributed by atoms with Crippen LogP contribution in [0.4, 0.5) is 4.79 Å². The summed E-state index contributed by atoms with van der Waals surface area (Å²) < 4.78 is 0. The SMILES string of the molecule is N.N.N.NN.O=C(O)O.O=CO. The van der Waals surface area contributed by atoms with Gasteiger partial charge in [-0.1, -0.05) is 0 Å². The molecule has 0 radical (unpaired) electrons. The molecule has 0 saturated carbocycles. The minimum atomic E-state index is -1.83. The van der Waals surface area contributed by atoms with Gasteiger partial charge in [0.25, 0.3) is 6.47 Å². The Morgan fingerprint density at radius 1 is 1.08 bits per heavy atom. The zero-order valence-corrected chi connectivity index (χ0v) is 6.51. The van der Waals surface area contributed by atoms with E-state index in [0.717, 1.165) is 0 Å². The molecule has 16 N–H and O–H groups in total. The standard InChI is InChI=1S/CH2O3.CH2O2.H4N2.3H3N/c2-1(3)4;2-1-3;1-2;;;/h(H2,2,3,4);1H,(H,2,3);1-2H2;3*1H3. The Labute approximate surface area is 68.9 Å². The summed E-state index contributed by atoms with van der Waals surface area (Å²) in [5, 5.41) is 20.8. The molecule has 0 bridgehead atoms. The summed E-state index contributed by atoms with van der Waals surface area (Å²) in [6.07, 6.45) is -1.83. The molecule has 12 heavy (non-hydrogen) atoms. The van der Waals surface area contributed by atoms with Gasteiger partial charge in [-0.05, 0) is 0 Å². The first-order chi connectivity index (χ1) is 4.15. The largest absolute Gasteiger partial charge is 0.503 e. The van der Waals surface area contributed by atoms with E-state index in [0.29, 0.717) is 0 Å². The van der Waals surface area contributed by atoms with E-state index >= 15 is 0 Å². The fourth-order valence-corrected chi connectivity index (χ4v) is 0. The fourth-order valence-electron chi connectivity index (χ4n) is 0. The highest BCUT2D eigenvalue weighted by Gasteiger charge is 1.70. The molecule has 0 spiro atoms. The maximum absolute atomic E-state index is 8.56. The molecular formula is C2H17N5O5. The lowest BCUT2D eigenvalue weighted by Gasteiger charge is -1.60.